The minimum absolute atomic E-state index is 0.121. The summed E-state index contributed by atoms with van der Waals surface area (Å²) in [6, 6.07) is 10.4. The van der Waals surface area contributed by atoms with Crippen LogP contribution in [0.1, 0.15) is 39.9 Å². The van der Waals surface area contributed by atoms with E-state index in [9.17, 15) is 9.18 Å². The highest BCUT2D eigenvalue weighted by molar-refractivity contribution is 9.10. The Kier molecular flexibility index (Phi) is 3.70. The van der Waals surface area contributed by atoms with Crippen molar-refractivity contribution in [2.45, 2.75) is 25.7 Å². The number of aryl methyl sites for hydroxylation is 2. The van der Waals surface area contributed by atoms with E-state index in [0.717, 1.165) is 12.8 Å². The van der Waals surface area contributed by atoms with Crippen LogP contribution in [0.5, 0.6) is 0 Å². The molecule has 20 heavy (non-hydrogen) atoms. The molecule has 102 valence electrons. The Labute approximate surface area is 126 Å². The van der Waals surface area contributed by atoms with E-state index in [2.05, 4.69) is 15.9 Å². The number of rotatable bonds is 2. The summed E-state index contributed by atoms with van der Waals surface area (Å²) in [7, 11) is 0. The molecule has 1 aliphatic carbocycles. The Hall–Kier alpha value is -1.48. The lowest BCUT2D eigenvalue weighted by molar-refractivity contribution is 0.103. The summed E-state index contributed by atoms with van der Waals surface area (Å²) in [5, 5.41) is 0. The highest BCUT2D eigenvalue weighted by Gasteiger charge is 2.15. The summed E-state index contributed by atoms with van der Waals surface area (Å²) in [6.07, 6.45) is 4.53. The van der Waals surface area contributed by atoms with E-state index in [1.165, 1.54) is 30.0 Å². The molecule has 2 aromatic carbocycles. The van der Waals surface area contributed by atoms with Crippen LogP contribution in [0, 0.1) is 5.82 Å². The van der Waals surface area contributed by atoms with E-state index in [1.54, 1.807) is 12.1 Å². The predicted molar refractivity (Wildman–Crippen MR) is 80.6 cm³/mol. The molecule has 3 heteroatoms. The van der Waals surface area contributed by atoms with Gasteiger partial charge in [-0.2, -0.15) is 0 Å². The van der Waals surface area contributed by atoms with Crippen molar-refractivity contribution in [3.63, 3.8) is 0 Å². The molecule has 0 amide bonds. The molecule has 0 saturated heterocycles. The first-order valence-electron chi connectivity index (χ1n) is 6.77. The number of carbonyl (C=O) groups excluding carboxylic acids is 1. The molecule has 0 aliphatic heterocycles. The topological polar surface area (TPSA) is 17.1 Å². The molecule has 2 aromatic rings. The quantitative estimate of drug-likeness (QED) is 0.728. The van der Waals surface area contributed by atoms with Gasteiger partial charge in [-0.25, -0.2) is 4.39 Å². The first kappa shape index (κ1) is 13.5. The Balaban J connectivity index is 1.95. The fourth-order valence-corrected chi connectivity index (χ4v) is 2.93. The van der Waals surface area contributed by atoms with Crippen molar-refractivity contribution in [1.82, 2.24) is 0 Å². The van der Waals surface area contributed by atoms with Gasteiger partial charge in [-0.05, 0) is 77.0 Å². The molecular formula is C17H14BrFO. The van der Waals surface area contributed by atoms with Crippen molar-refractivity contribution in [1.29, 1.82) is 0 Å². The normalized spacial score (nSPS) is 13.9. The molecule has 3 rings (SSSR count). The number of carbonyl (C=O) groups is 1. The molecular weight excluding hydrogens is 319 g/mol. The smallest absolute Gasteiger partial charge is 0.193 e. The van der Waals surface area contributed by atoms with Crippen molar-refractivity contribution in [3.8, 4) is 0 Å². The molecule has 0 unspecified atom stereocenters. The molecule has 0 spiro atoms. The number of ketones is 1. The number of hydrogen-bond acceptors (Lipinski definition) is 1. The molecule has 0 heterocycles. The maximum atomic E-state index is 13.5. The fourth-order valence-electron chi connectivity index (χ4n) is 2.68. The van der Waals surface area contributed by atoms with Gasteiger partial charge in [-0.3, -0.25) is 4.79 Å². The molecule has 1 nitrogen and oxygen atoms in total. The highest BCUT2D eigenvalue weighted by atomic mass is 79.9. The third kappa shape index (κ3) is 2.55. The minimum Gasteiger partial charge on any atom is -0.289 e. The summed E-state index contributed by atoms with van der Waals surface area (Å²) < 4.78 is 13.9. The lowest BCUT2D eigenvalue weighted by atomic mass is 9.89. The summed E-state index contributed by atoms with van der Waals surface area (Å²) in [6.45, 7) is 0. The van der Waals surface area contributed by atoms with Gasteiger partial charge in [0.15, 0.2) is 5.78 Å². The monoisotopic (exact) mass is 332 g/mol. The van der Waals surface area contributed by atoms with Gasteiger partial charge in [0.05, 0.1) is 4.47 Å². The van der Waals surface area contributed by atoms with Gasteiger partial charge >= 0.3 is 0 Å². The average Bonchev–Trinajstić information content (AvgIpc) is 2.49. The molecule has 0 fully saturated rings. The van der Waals surface area contributed by atoms with Crippen LogP contribution in [0.2, 0.25) is 0 Å². The maximum absolute atomic E-state index is 13.5. The predicted octanol–water partition coefficient (Wildman–Crippen LogP) is 4.70. The third-order valence-corrected chi connectivity index (χ3v) is 4.44. The Morgan fingerprint density at radius 3 is 2.35 bits per heavy atom. The largest absolute Gasteiger partial charge is 0.289 e. The zero-order chi connectivity index (χ0) is 14.1. The number of benzene rings is 2. The summed E-state index contributed by atoms with van der Waals surface area (Å²) in [5.41, 5.74) is 3.64. The van der Waals surface area contributed by atoms with Crippen LogP contribution in [0.25, 0.3) is 0 Å². The number of fused-ring (bicyclic) bond motifs is 1. The summed E-state index contributed by atoms with van der Waals surface area (Å²) in [5.74, 6) is -0.529. The van der Waals surface area contributed by atoms with Crippen LogP contribution in [-0.4, -0.2) is 5.78 Å². The highest BCUT2D eigenvalue weighted by Crippen LogP contribution is 2.24. The summed E-state index contributed by atoms with van der Waals surface area (Å²) in [4.78, 5) is 12.4. The minimum atomic E-state index is -0.409. The van der Waals surface area contributed by atoms with Crippen molar-refractivity contribution < 1.29 is 9.18 Å². The van der Waals surface area contributed by atoms with Gasteiger partial charge in [-0.15, -0.1) is 0 Å². The van der Waals surface area contributed by atoms with Gasteiger partial charge < -0.3 is 0 Å². The standard InChI is InChI=1S/C17H14BrFO/c18-15-8-7-14(10-16(15)19)17(20)13-6-5-11-3-1-2-4-12(11)9-13/h5-10H,1-4H2. The van der Waals surface area contributed by atoms with Gasteiger partial charge in [0, 0.05) is 11.1 Å². The van der Waals surface area contributed by atoms with Gasteiger partial charge in [0.25, 0.3) is 0 Å². The third-order valence-electron chi connectivity index (χ3n) is 3.79. The Morgan fingerprint density at radius 1 is 0.950 bits per heavy atom. The zero-order valence-electron chi connectivity index (χ0n) is 11.0. The SMILES string of the molecule is O=C(c1ccc(Br)c(F)c1)c1ccc2c(c1)CCCC2. The van der Waals surface area contributed by atoms with Crippen LogP contribution in [0.3, 0.4) is 0 Å². The van der Waals surface area contributed by atoms with E-state index in [0.29, 0.717) is 15.6 Å². The van der Waals surface area contributed by atoms with E-state index in [1.807, 2.05) is 18.2 Å². The number of halogens is 2. The van der Waals surface area contributed by atoms with Gasteiger partial charge in [-0.1, -0.05) is 12.1 Å². The van der Waals surface area contributed by atoms with Crippen molar-refractivity contribution in [2.75, 3.05) is 0 Å². The zero-order valence-corrected chi connectivity index (χ0v) is 12.5. The number of hydrogen-bond donors (Lipinski definition) is 0. The lowest BCUT2D eigenvalue weighted by Gasteiger charge is -2.16. The average molecular weight is 333 g/mol. The molecule has 0 aromatic heterocycles. The van der Waals surface area contributed by atoms with Gasteiger partial charge in [0.2, 0.25) is 0 Å². The van der Waals surface area contributed by atoms with Gasteiger partial charge in [0.1, 0.15) is 5.82 Å². The van der Waals surface area contributed by atoms with Crippen molar-refractivity contribution in [3.05, 3.63) is 68.9 Å². The molecule has 0 N–H and O–H groups in total. The maximum Gasteiger partial charge on any atom is 0.193 e. The second-order valence-corrected chi connectivity index (χ2v) is 6.00. The molecule has 0 bridgehead atoms. The van der Waals surface area contributed by atoms with Crippen molar-refractivity contribution in [2.24, 2.45) is 0 Å². The van der Waals surface area contributed by atoms with Crippen molar-refractivity contribution >= 4 is 21.7 Å². The molecule has 1 aliphatic rings. The van der Waals surface area contributed by atoms with E-state index in [-0.39, 0.29) is 5.78 Å². The van der Waals surface area contributed by atoms with E-state index in [4.69, 9.17) is 0 Å². The molecule has 0 atom stereocenters. The second-order valence-electron chi connectivity index (χ2n) is 5.15. The first-order chi connectivity index (χ1) is 9.65. The molecule has 0 saturated carbocycles. The van der Waals surface area contributed by atoms with Crippen LogP contribution in [0.4, 0.5) is 4.39 Å². The second kappa shape index (κ2) is 5.49. The van der Waals surface area contributed by atoms with E-state index < -0.39 is 5.82 Å². The van der Waals surface area contributed by atoms with Crippen LogP contribution in [-0.2, 0) is 12.8 Å². The Morgan fingerprint density at radius 2 is 1.60 bits per heavy atom. The van der Waals surface area contributed by atoms with E-state index >= 15 is 0 Å². The summed E-state index contributed by atoms with van der Waals surface area (Å²) >= 11 is 3.10. The van der Waals surface area contributed by atoms with Crippen LogP contribution in [0.15, 0.2) is 40.9 Å². The first-order valence-corrected chi connectivity index (χ1v) is 7.56. The fraction of sp³-hybridized carbons (Fsp3) is 0.235. The van der Waals surface area contributed by atoms with Crippen LogP contribution >= 0.6 is 15.9 Å². The lowest BCUT2D eigenvalue weighted by Crippen LogP contribution is -2.07. The molecule has 0 radical (unpaired) electrons. The van der Waals surface area contributed by atoms with Crippen LogP contribution < -0.4 is 0 Å². The Bertz CT molecular complexity index is 679.